The fourth-order valence-electron chi connectivity index (χ4n) is 2.59. The van der Waals surface area contributed by atoms with E-state index in [9.17, 15) is 4.79 Å². The van der Waals surface area contributed by atoms with Gasteiger partial charge in [-0.3, -0.25) is 4.79 Å². The molecule has 1 aliphatic rings. The lowest BCUT2D eigenvalue weighted by Gasteiger charge is -2.34. The molecule has 0 aliphatic carbocycles. The van der Waals surface area contributed by atoms with E-state index in [1.807, 2.05) is 25.1 Å². The van der Waals surface area contributed by atoms with Crippen LogP contribution in [0.25, 0.3) is 0 Å². The Kier molecular flexibility index (Phi) is 4.04. The first-order valence-electron chi connectivity index (χ1n) is 6.43. The molecule has 0 radical (unpaired) electrons. The highest BCUT2D eigenvalue weighted by atomic mass is 32.1. The van der Waals surface area contributed by atoms with Crippen LogP contribution in [0.1, 0.15) is 24.0 Å². The van der Waals surface area contributed by atoms with Crippen molar-refractivity contribution in [2.45, 2.75) is 19.8 Å². The Hall–Kier alpha value is -1.62. The van der Waals surface area contributed by atoms with Gasteiger partial charge in [-0.25, -0.2) is 0 Å². The maximum absolute atomic E-state index is 11.3. The molecule has 1 unspecified atom stereocenters. The number of thiocarbonyl (C=S) groups is 1. The lowest BCUT2D eigenvalue weighted by molar-refractivity contribution is -0.122. The van der Waals surface area contributed by atoms with Crippen molar-refractivity contribution in [2.24, 2.45) is 17.4 Å². The van der Waals surface area contributed by atoms with Crippen molar-refractivity contribution in [3.05, 3.63) is 29.3 Å². The van der Waals surface area contributed by atoms with Gasteiger partial charge in [0.15, 0.2) is 0 Å². The van der Waals surface area contributed by atoms with Crippen LogP contribution in [0, 0.1) is 12.8 Å². The van der Waals surface area contributed by atoms with Crippen molar-refractivity contribution in [3.8, 4) is 0 Å². The number of amides is 1. The molecule has 4 N–H and O–H groups in total. The second kappa shape index (κ2) is 5.57. The molecule has 1 atom stereocenters. The Morgan fingerprint density at radius 1 is 1.42 bits per heavy atom. The zero-order valence-electron chi connectivity index (χ0n) is 11.1. The second-order valence-electron chi connectivity index (χ2n) is 5.05. The Morgan fingerprint density at radius 3 is 2.74 bits per heavy atom. The summed E-state index contributed by atoms with van der Waals surface area (Å²) in [4.78, 5) is 13.9. The van der Waals surface area contributed by atoms with Gasteiger partial charge >= 0.3 is 0 Å². The Balaban J connectivity index is 2.22. The number of carbonyl (C=O) groups excluding carboxylic acids is 1. The van der Waals surface area contributed by atoms with Crippen LogP contribution in [-0.2, 0) is 4.79 Å². The minimum atomic E-state index is -0.206. The lowest BCUT2D eigenvalue weighted by atomic mass is 9.96. The zero-order valence-corrected chi connectivity index (χ0v) is 11.9. The first kappa shape index (κ1) is 13.8. The molecule has 0 aromatic heterocycles. The smallest absolute Gasteiger partial charge is 0.222 e. The molecule has 19 heavy (non-hydrogen) atoms. The number of anilines is 1. The summed E-state index contributed by atoms with van der Waals surface area (Å²) < 4.78 is 0. The third-order valence-electron chi connectivity index (χ3n) is 3.65. The van der Waals surface area contributed by atoms with Crippen molar-refractivity contribution in [3.63, 3.8) is 0 Å². The van der Waals surface area contributed by atoms with Crippen LogP contribution in [0.2, 0.25) is 0 Å². The molecule has 2 rings (SSSR count). The molecule has 1 heterocycles. The molecule has 1 amide bonds. The standard InChI is InChI=1S/C14H19N3OS/c1-9-7-10(14(16)19)4-5-12(9)17-6-2-3-11(8-17)13(15)18/h4-5,7,11H,2-3,6,8H2,1H3,(H2,15,18)(H2,16,19). The van der Waals surface area contributed by atoms with E-state index in [1.54, 1.807) is 0 Å². The Bertz CT molecular complexity index is 515. The maximum Gasteiger partial charge on any atom is 0.222 e. The summed E-state index contributed by atoms with van der Waals surface area (Å²) in [7, 11) is 0. The van der Waals surface area contributed by atoms with Crippen molar-refractivity contribution in [2.75, 3.05) is 18.0 Å². The Morgan fingerprint density at radius 2 is 2.16 bits per heavy atom. The van der Waals surface area contributed by atoms with Gasteiger partial charge in [-0.1, -0.05) is 12.2 Å². The van der Waals surface area contributed by atoms with Crippen LogP contribution in [-0.4, -0.2) is 24.0 Å². The number of piperidine rings is 1. The summed E-state index contributed by atoms with van der Waals surface area (Å²) in [6, 6.07) is 5.94. The molecule has 0 saturated carbocycles. The first-order chi connectivity index (χ1) is 8.99. The number of hydrogen-bond acceptors (Lipinski definition) is 3. The molecule has 5 heteroatoms. The molecular formula is C14H19N3OS. The van der Waals surface area contributed by atoms with Gasteiger partial charge in [0.1, 0.15) is 4.99 Å². The summed E-state index contributed by atoms with van der Waals surface area (Å²) in [6.45, 7) is 3.69. The highest BCUT2D eigenvalue weighted by molar-refractivity contribution is 7.80. The predicted molar refractivity (Wildman–Crippen MR) is 81.2 cm³/mol. The summed E-state index contributed by atoms with van der Waals surface area (Å²) in [6.07, 6.45) is 1.87. The highest BCUT2D eigenvalue weighted by Gasteiger charge is 2.24. The summed E-state index contributed by atoms with van der Waals surface area (Å²) in [5.74, 6) is -0.259. The number of aryl methyl sites for hydroxylation is 1. The highest BCUT2D eigenvalue weighted by Crippen LogP contribution is 2.26. The van der Waals surface area contributed by atoms with E-state index in [4.69, 9.17) is 23.7 Å². The minimum absolute atomic E-state index is 0.0524. The van der Waals surface area contributed by atoms with Gasteiger partial charge in [-0.05, 0) is 43.5 Å². The van der Waals surface area contributed by atoms with Crippen molar-refractivity contribution < 1.29 is 4.79 Å². The Labute approximate surface area is 118 Å². The van der Waals surface area contributed by atoms with Crippen LogP contribution in [0.3, 0.4) is 0 Å². The average molecular weight is 277 g/mol. The minimum Gasteiger partial charge on any atom is -0.389 e. The fraction of sp³-hybridized carbons (Fsp3) is 0.429. The van der Waals surface area contributed by atoms with Gasteiger partial charge < -0.3 is 16.4 Å². The molecule has 0 spiro atoms. The normalized spacial score (nSPS) is 19.2. The molecule has 4 nitrogen and oxygen atoms in total. The summed E-state index contributed by atoms with van der Waals surface area (Å²) in [5, 5.41) is 0. The third-order valence-corrected chi connectivity index (χ3v) is 3.88. The molecule has 1 aliphatic heterocycles. The molecule has 1 saturated heterocycles. The second-order valence-corrected chi connectivity index (χ2v) is 5.49. The van der Waals surface area contributed by atoms with Crippen LogP contribution in [0.5, 0.6) is 0 Å². The van der Waals surface area contributed by atoms with Crippen molar-refractivity contribution >= 4 is 28.8 Å². The van der Waals surface area contributed by atoms with Crippen LogP contribution < -0.4 is 16.4 Å². The largest absolute Gasteiger partial charge is 0.389 e. The number of benzene rings is 1. The predicted octanol–water partition coefficient (Wildman–Crippen LogP) is 1.33. The van der Waals surface area contributed by atoms with Crippen LogP contribution in [0.15, 0.2) is 18.2 Å². The van der Waals surface area contributed by atoms with Gasteiger partial charge in [0.2, 0.25) is 5.91 Å². The van der Waals surface area contributed by atoms with Gasteiger partial charge in [0, 0.05) is 24.3 Å². The summed E-state index contributed by atoms with van der Waals surface area (Å²) >= 11 is 4.98. The number of carbonyl (C=O) groups is 1. The van der Waals surface area contributed by atoms with Crippen molar-refractivity contribution in [1.29, 1.82) is 0 Å². The molecule has 102 valence electrons. The molecular weight excluding hydrogens is 258 g/mol. The third kappa shape index (κ3) is 3.04. The van der Waals surface area contributed by atoms with Crippen LogP contribution in [0.4, 0.5) is 5.69 Å². The van der Waals surface area contributed by atoms with E-state index in [1.165, 1.54) is 0 Å². The van der Waals surface area contributed by atoms with E-state index >= 15 is 0 Å². The lowest BCUT2D eigenvalue weighted by Crippen LogP contribution is -2.41. The van der Waals surface area contributed by atoms with Crippen molar-refractivity contribution in [1.82, 2.24) is 0 Å². The quantitative estimate of drug-likeness (QED) is 0.818. The number of hydrogen-bond donors (Lipinski definition) is 2. The fourth-order valence-corrected chi connectivity index (χ4v) is 2.72. The molecule has 1 aromatic carbocycles. The first-order valence-corrected chi connectivity index (χ1v) is 6.84. The van der Waals surface area contributed by atoms with Gasteiger partial charge in [0.25, 0.3) is 0 Å². The van der Waals surface area contributed by atoms with Gasteiger partial charge in [-0.15, -0.1) is 0 Å². The number of nitrogens with zero attached hydrogens (tertiary/aromatic N) is 1. The summed E-state index contributed by atoms with van der Waals surface area (Å²) in [5.41, 5.74) is 14.2. The maximum atomic E-state index is 11.3. The van der Waals surface area contributed by atoms with Gasteiger partial charge in [0.05, 0.1) is 5.92 Å². The number of rotatable bonds is 3. The number of nitrogens with two attached hydrogens (primary N) is 2. The SMILES string of the molecule is Cc1cc(C(N)=S)ccc1N1CCCC(C(N)=O)C1. The van der Waals surface area contributed by atoms with E-state index in [0.717, 1.165) is 36.2 Å². The van der Waals surface area contributed by atoms with E-state index < -0.39 is 0 Å². The monoisotopic (exact) mass is 277 g/mol. The molecule has 1 fully saturated rings. The average Bonchev–Trinajstić information content (AvgIpc) is 2.38. The van der Waals surface area contributed by atoms with Crippen LogP contribution >= 0.6 is 12.2 Å². The zero-order chi connectivity index (χ0) is 14.0. The topological polar surface area (TPSA) is 72.3 Å². The van der Waals surface area contributed by atoms with E-state index in [0.29, 0.717) is 11.5 Å². The molecule has 0 bridgehead atoms. The van der Waals surface area contributed by atoms with E-state index in [-0.39, 0.29) is 11.8 Å². The molecule has 1 aromatic rings. The van der Waals surface area contributed by atoms with Gasteiger partial charge in [-0.2, -0.15) is 0 Å². The van der Waals surface area contributed by atoms with E-state index in [2.05, 4.69) is 4.90 Å². The number of primary amides is 1.